The standard InChI is InChI=1S/C27H25FN4OS/c1-16-14-20(9-12-23(16)28)32-26(25(30-27(32)34)24-6-4-5-13-29-24)22-15-17(2)31(18(22)3)19-7-10-21(33)11-8-19/h4-15,25-26,33H,1-3H3,(H,30,34)/t25-,26-/m1/s1. The van der Waals surface area contributed by atoms with E-state index in [1.165, 1.54) is 6.07 Å². The van der Waals surface area contributed by atoms with Crippen molar-refractivity contribution in [3.63, 3.8) is 0 Å². The van der Waals surface area contributed by atoms with E-state index < -0.39 is 0 Å². The second kappa shape index (κ2) is 8.57. The number of anilines is 1. The van der Waals surface area contributed by atoms with Crippen molar-refractivity contribution in [1.29, 1.82) is 0 Å². The molecule has 0 radical (unpaired) electrons. The van der Waals surface area contributed by atoms with Gasteiger partial charge < -0.3 is 19.9 Å². The van der Waals surface area contributed by atoms with Gasteiger partial charge >= 0.3 is 0 Å². The van der Waals surface area contributed by atoms with Crippen molar-refractivity contribution in [2.24, 2.45) is 0 Å². The van der Waals surface area contributed by atoms with E-state index in [2.05, 4.69) is 39.7 Å². The summed E-state index contributed by atoms with van der Waals surface area (Å²) in [6.45, 7) is 5.90. The zero-order valence-electron chi connectivity index (χ0n) is 19.2. The zero-order valence-corrected chi connectivity index (χ0v) is 20.0. The lowest BCUT2D eigenvalue weighted by Crippen LogP contribution is -2.29. The number of hydrogen-bond donors (Lipinski definition) is 2. The highest BCUT2D eigenvalue weighted by Gasteiger charge is 2.42. The first kappa shape index (κ1) is 22.1. The minimum atomic E-state index is -0.245. The second-order valence-corrected chi connectivity index (χ2v) is 9.00. The number of rotatable bonds is 4. The van der Waals surface area contributed by atoms with Gasteiger partial charge in [0.05, 0.1) is 17.8 Å². The number of pyridine rings is 1. The third kappa shape index (κ3) is 3.72. The predicted molar refractivity (Wildman–Crippen MR) is 136 cm³/mol. The molecule has 172 valence electrons. The monoisotopic (exact) mass is 472 g/mol. The number of halogens is 1. The van der Waals surface area contributed by atoms with Gasteiger partial charge in [0.1, 0.15) is 11.6 Å². The van der Waals surface area contributed by atoms with Gasteiger partial charge in [0.15, 0.2) is 5.11 Å². The lowest BCUT2D eigenvalue weighted by molar-refractivity contribution is 0.475. The van der Waals surface area contributed by atoms with Gasteiger partial charge in [-0.1, -0.05) is 6.07 Å². The van der Waals surface area contributed by atoms with Crippen molar-refractivity contribution in [2.75, 3.05) is 4.90 Å². The number of phenolic OH excluding ortho intramolecular Hbond substituents is 1. The highest BCUT2D eigenvalue weighted by molar-refractivity contribution is 7.80. The van der Waals surface area contributed by atoms with Crippen LogP contribution in [0.25, 0.3) is 5.69 Å². The van der Waals surface area contributed by atoms with Crippen molar-refractivity contribution in [3.05, 3.63) is 107 Å². The van der Waals surface area contributed by atoms with Crippen LogP contribution in [-0.2, 0) is 0 Å². The van der Waals surface area contributed by atoms with Gasteiger partial charge in [-0.2, -0.15) is 0 Å². The maximum Gasteiger partial charge on any atom is 0.174 e. The van der Waals surface area contributed by atoms with Crippen molar-refractivity contribution in [2.45, 2.75) is 32.9 Å². The van der Waals surface area contributed by atoms with E-state index in [9.17, 15) is 9.50 Å². The van der Waals surface area contributed by atoms with Gasteiger partial charge in [-0.25, -0.2) is 4.39 Å². The number of benzene rings is 2. The highest BCUT2D eigenvalue weighted by atomic mass is 32.1. The van der Waals surface area contributed by atoms with E-state index in [4.69, 9.17) is 12.2 Å². The summed E-state index contributed by atoms with van der Waals surface area (Å²) in [6.07, 6.45) is 1.78. The Morgan fingerprint density at radius 1 is 0.971 bits per heavy atom. The lowest BCUT2D eigenvalue weighted by atomic mass is 9.96. The molecule has 1 fully saturated rings. The highest BCUT2D eigenvalue weighted by Crippen LogP contribution is 2.44. The first-order chi connectivity index (χ1) is 16.3. The van der Waals surface area contributed by atoms with Crippen molar-refractivity contribution < 1.29 is 9.50 Å². The fourth-order valence-electron chi connectivity index (χ4n) is 4.81. The average Bonchev–Trinajstić information content (AvgIpc) is 3.32. The molecule has 7 heteroatoms. The van der Waals surface area contributed by atoms with Crippen LogP contribution in [0.5, 0.6) is 5.75 Å². The molecule has 0 aliphatic carbocycles. The molecule has 0 spiro atoms. The smallest absolute Gasteiger partial charge is 0.174 e. The van der Waals surface area contributed by atoms with E-state index >= 15 is 0 Å². The summed E-state index contributed by atoms with van der Waals surface area (Å²) in [7, 11) is 0. The van der Waals surface area contributed by atoms with Crippen LogP contribution in [0.4, 0.5) is 10.1 Å². The number of aromatic nitrogens is 2. The summed E-state index contributed by atoms with van der Waals surface area (Å²) in [6, 6.07) is 19.9. The number of aryl methyl sites for hydroxylation is 2. The summed E-state index contributed by atoms with van der Waals surface area (Å²) in [5.74, 6) is -0.0185. The van der Waals surface area contributed by atoms with Crippen LogP contribution in [0, 0.1) is 26.6 Å². The minimum Gasteiger partial charge on any atom is -0.508 e. The summed E-state index contributed by atoms with van der Waals surface area (Å²) in [4.78, 5) is 6.67. The molecule has 2 atom stereocenters. The van der Waals surface area contributed by atoms with E-state index in [0.29, 0.717) is 10.7 Å². The molecule has 5 nitrogen and oxygen atoms in total. The predicted octanol–water partition coefficient (Wildman–Crippen LogP) is 5.82. The van der Waals surface area contributed by atoms with Crippen LogP contribution in [0.15, 0.2) is 72.9 Å². The van der Waals surface area contributed by atoms with Crippen molar-refractivity contribution >= 4 is 23.0 Å². The third-order valence-electron chi connectivity index (χ3n) is 6.41. The largest absolute Gasteiger partial charge is 0.508 e. The molecule has 2 aromatic carbocycles. The first-order valence-corrected chi connectivity index (χ1v) is 11.5. The average molecular weight is 473 g/mol. The normalized spacial score (nSPS) is 17.8. The molecule has 1 saturated heterocycles. The van der Waals surface area contributed by atoms with Crippen molar-refractivity contribution in [3.8, 4) is 11.4 Å². The molecular weight excluding hydrogens is 447 g/mol. The first-order valence-electron chi connectivity index (χ1n) is 11.1. The van der Waals surface area contributed by atoms with Gasteiger partial charge in [0.25, 0.3) is 0 Å². The van der Waals surface area contributed by atoms with E-state index in [0.717, 1.165) is 34.0 Å². The molecule has 2 aromatic heterocycles. The molecule has 34 heavy (non-hydrogen) atoms. The van der Waals surface area contributed by atoms with Crippen LogP contribution in [0.2, 0.25) is 0 Å². The molecule has 0 amide bonds. The summed E-state index contributed by atoms with van der Waals surface area (Å²) in [5.41, 5.74) is 6.45. The Morgan fingerprint density at radius 2 is 1.71 bits per heavy atom. The van der Waals surface area contributed by atoms with Crippen LogP contribution in [-0.4, -0.2) is 19.8 Å². The Morgan fingerprint density at radius 3 is 2.38 bits per heavy atom. The Hall–Kier alpha value is -3.71. The van der Waals surface area contributed by atoms with Crippen LogP contribution >= 0.6 is 12.2 Å². The quantitative estimate of drug-likeness (QED) is 0.367. The molecule has 5 rings (SSSR count). The SMILES string of the molecule is Cc1cc(N2C(=S)N[C@H](c3ccccn3)[C@H]2c2cc(C)n(-c3ccc(O)cc3)c2C)ccc1F. The molecule has 0 unspecified atom stereocenters. The van der Waals surface area contributed by atoms with Gasteiger partial charge in [-0.05, 0) is 105 Å². The molecule has 3 heterocycles. The molecule has 1 aliphatic heterocycles. The van der Waals surface area contributed by atoms with Crippen LogP contribution < -0.4 is 10.2 Å². The fourth-order valence-corrected chi connectivity index (χ4v) is 5.16. The Kier molecular flexibility index (Phi) is 5.57. The number of phenols is 1. The van der Waals surface area contributed by atoms with E-state index in [1.807, 2.05) is 36.4 Å². The second-order valence-electron chi connectivity index (χ2n) is 8.61. The van der Waals surface area contributed by atoms with Gasteiger partial charge in [0.2, 0.25) is 0 Å². The van der Waals surface area contributed by atoms with Crippen LogP contribution in [0.3, 0.4) is 0 Å². The number of nitrogens with zero attached hydrogens (tertiary/aromatic N) is 3. The van der Waals surface area contributed by atoms with E-state index in [1.54, 1.807) is 31.3 Å². The van der Waals surface area contributed by atoms with Gasteiger partial charge in [-0.3, -0.25) is 4.98 Å². The minimum absolute atomic E-state index is 0.187. The number of aromatic hydroxyl groups is 1. The van der Waals surface area contributed by atoms with Crippen molar-refractivity contribution in [1.82, 2.24) is 14.9 Å². The number of hydrogen-bond acceptors (Lipinski definition) is 3. The van der Waals surface area contributed by atoms with E-state index in [-0.39, 0.29) is 23.7 Å². The van der Waals surface area contributed by atoms with Crippen LogP contribution in [0.1, 0.15) is 40.3 Å². The third-order valence-corrected chi connectivity index (χ3v) is 6.73. The molecule has 1 aliphatic rings. The Bertz CT molecular complexity index is 1370. The number of nitrogens with one attached hydrogen (secondary N) is 1. The zero-order chi connectivity index (χ0) is 24.0. The molecular formula is C27H25FN4OS. The summed E-state index contributed by atoms with van der Waals surface area (Å²) in [5, 5.41) is 13.8. The fraction of sp³-hybridized carbons (Fsp3) is 0.185. The molecule has 0 saturated carbocycles. The summed E-state index contributed by atoms with van der Waals surface area (Å²) >= 11 is 5.80. The Labute approximate surface area is 203 Å². The Balaban J connectivity index is 1.68. The molecule has 0 bridgehead atoms. The number of thiocarbonyl (C=S) groups is 1. The lowest BCUT2D eigenvalue weighted by Gasteiger charge is -2.28. The maximum atomic E-state index is 14.1. The van der Waals surface area contributed by atoms with Gasteiger partial charge in [-0.15, -0.1) is 0 Å². The summed E-state index contributed by atoms with van der Waals surface area (Å²) < 4.78 is 16.2. The maximum absolute atomic E-state index is 14.1. The topological polar surface area (TPSA) is 53.3 Å². The molecule has 4 aromatic rings. The molecule has 2 N–H and O–H groups in total. The van der Waals surface area contributed by atoms with Gasteiger partial charge in [0, 0.05) is 29.0 Å².